The van der Waals surface area contributed by atoms with Crippen LogP contribution in [0.4, 0.5) is 0 Å². The van der Waals surface area contributed by atoms with E-state index in [9.17, 15) is 0 Å². The molecular formula is C18H20N6. The SMILES string of the molecule is CCc1ccc(-n2nnnc2C2CNNC2c2ccccc2)cc1. The van der Waals surface area contributed by atoms with Gasteiger partial charge < -0.3 is 0 Å². The molecule has 0 radical (unpaired) electrons. The van der Waals surface area contributed by atoms with E-state index in [0.29, 0.717) is 0 Å². The van der Waals surface area contributed by atoms with Gasteiger partial charge in [-0.2, -0.15) is 4.68 Å². The van der Waals surface area contributed by atoms with Gasteiger partial charge in [0.05, 0.1) is 17.6 Å². The van der Waals surface area contributed by atoms with E-state index in [1.807, 2.05) is 10.7 Å². The second-order valence-corrected chi connectivity index (χ2v) is 5.99. The van der Waals surface area contributed by atoms with Crippen molar-refractivity contribution >= 4 is 0 Å². The molecule has 6 heteroatoms. The van der Waals surface area contributed by atoms with Crippen molar-refractivity contribution in [3.05, 3.63) is 71.5 Å². The summed E-state index contributed by atoms with van der Waals surface area (Å²) >= 11 is 0. The Morgan fingerprint density at radius 1 is 1.08 bits per heavy atom. The summed E-state index contributed by atoms with van der Waals surface area (Å²) in [5.41, 5.74) is 10.1. The van der Waals surface area contributed by atoms with Gasteiger partial charge in [-0.15, -0.1) is 5.10 Å². The van der Waals surface area contributed by atoms with Gasteiger partial charge >= 0.3 is 0 Å². The lowest BCUT2D eigenvalue weighted by Gasteiger charge is -2.18. The fourth-order valence-electron chi connectivity index (χ4n) is 3.20. The summed E-state index contributed by atoms with van der Waals surface area (Å²) in [5.74, 6) is 1.03. The van der Waals surface area contributed by atoms with Gasteiger partial charge in [0.15, 0.2) is 5.82 Å². The average molecular weight is 320 g/mol. The van der Waals surface area contributed by atoms with Gasteiger partial charge in [0.2, 0.25) is 0 Å². The van der Waals surface area contributed by atoms with Crippen LogP contribution in [0.2, 0.25) is 0 Å². The molecule has 2 unspecified atom stereocenters. The largest absolute Gasteiger partial charge is 0.256 e. The first-order chi connectivity index (χ1) is 11.9. The molecule has 2 aromatic carbocycles. The van der Waals surface area contributed by atoms with Crippen LogP contribution < -0.4 is 10.9 Å². The molecule has 2 N–H and O–H groups in total. The highest BCUT2D eigenvalue weighted by Gasteiger charge is 2.33. The van der Waals surface area contributed by atoms with E-state index in [1.165, 1.54) is 11.1 Å². The number of hydrazine groups is 1. The van der Waals surface area contributed by atoms with Crippen LogP contribution in [-0.4, -0.2) is 26.8 Å². The molecule has 1 aliphatic heterocycles. The molecule has 122 valence electrons. The Labute approximate surface area is 140 Å². The van der Waals surface area contributed by atoms with Crippen molar-refractivity contribution < 1.29 is 0 Å². The molecule has 1 fully saturated rings. The topological polar surface area (TPSA) is 67.7 Å². The number of nitrogens with one attached hydrogen (secondary N) is 2. The Morgan fingerprint density at radius 3 is 2.62 bits per heavy atom. The molecule has 0 amide bonds. The molecule has 0 aliphatic carbocycles. The van der Waals surface area contributed by atoms with Crippen molar-refractivity contribution in [2.45, 2.75) is 25.3 Å². The van der Waals surface area contributed by atoms with E-state index < -0.39 is 0 Å². The Hall–Kier alpha value is -2.57. The first-order valence-electron chi connectivity index (χ1n) is 8.27. The maximum atomic E-state index is 4.31. The number of tetrazole rings is 1. The molecule has 0 saturated carbocycles. The second-order valence-electron chi connectivity index (χ2n) is 5.99. The zero-order chi connectivity index (χ0) is 16.4. The summed E-state index contributed by atoms with van der Waals surface area (Å²) in [6.45, 7) is 2.94. The van der Waals surface area contributed by atoms with E-state index in [1.54, 1.807) is 0 Å². The van der Waals surface area contributed by atoms with Crippen molar-refractivity contribution in [3.8, 4) is 5.69 Å². The average Bonchev–Trinajstić information content (AvgIpc) is 3.31. The van der Waals surface area contributed by atoms with Gasteiger partial charge in [-0.25, -0.2) is 5.43 Å². The lowest BCUT2D eigenvalue weighted by Crippen LogP contribution is -2.25. The summed E-state index contributed by atoms with van der Waals surface area (Å²) in [7, 11) is 0. The van der Waals surface area contributed by atoms with Crippen molar-refractivity contribution in [2.24, 2.45) is 0 Å². The predicted octanol–water partition coefficient (Wildman–Crippen LogP) is 2.16. The maximum Gasteiger partial charge on any atom is 0.163 e. The fraction of sp³-hybridized carbons (Fsp3) is 0.278. The lowest BCUT2D eigenvalue weighted by molar-refractivity contribution is 0.533. The van der Waals surface area contributed by atoms with Crippen LogP contribution in [0.5, 0.6) is 0 Å². The minimum atomic E-state index is 0.144. The summed E-state index contributed by atoms with van der Waals surface area (Å²) < 4.78 is 1.84. The smallest absolute Gasteiger partial charge is 0.163 e. The van der Waals surface area contributed by atoms with Crippen LogP contribution in [0.15, 0.2) is 54.6 Å². The molecule has 2 atom stereocenters. The zero-order valence-electron chi connectivity index (χ0n) is 13.6. The molecule has 2 heterocycles. The monoisotopic (exact) mass is 320 g/mol. The summed E-state index contributed by atoms with van der Waals surface area (Å²) in [6.07, 6.45) is 1.02. The van der Waals surface area contributed by atoms with Crippen molar-refractivity contribution in [2.75, 3.05) is 6.54 Å². The second kappa shape index (κ2) is 6.51. The van der Waals surface area contributed by atoms with Crippen LogP contribution in [0, 0.1) is 0 Å². The van der Waals surface area contributed by atoms with Crippen LogP contribution in [0.25, 0.3) is 5.69 Å². The van der Waals surface area contributed by atoms with Crippen LogP contribution in [-0.2, 0) is 6.42 Å². The van der Waals surface area contributed by atoms with Gasteiger partial charge in [-0.05, 0) is 40.1 Å². The third-order valence-electron chi connectivity index (χ3n) is 4.56. The summed E-state index contributed by atoms with van der Waals surface area (Å²) in [6, 6.07) is 18.9. The highest BCUT2D eigenvalue weighted by Crippen LogP contribution is 2.32. The Morgan fingerprint density at radius 2 is 1.88 bits per heavy atom. The number of nitrogens with zero attached hydrogens (tertiary/aromatic N) is 4. The van der Waals surface area contributed by atoms with Crippen molar-refractivity contribution in [3.63, 3.8) is 0 Å². The van der Waals surface area contributed by atoms with Crippen LogP contribution >= 0.6 is 0 Å². The predicted molar refractivity (Wildman–Crippen MR) is 91.6 cm³/mol. The number of rotatable bonds is 4. The Balaban J connectivity index is 1.68. The van der Waals surface area contributed by atoms with Gasteiger partial charge in [-0.1, -0.05) is 49.4 Å². The molecule has 0 spiro atoms. The van der Waals surface area contributed by atoms with Crippen molar-refractivity contribution in [1.82, 2.24) is 31.1 Å². The molecule has 4 rings (SSSR count). The zero-order valence-corrected chi connectivity index (χ0v) is 13.6. The standard InChI is InChI=1S/C18H20N6/c1-2-13-8-10-15(11-9-13)24-18(21-22-23-24)16-12-19-20-17(16)14-6-4-3-5-7-14/h3-11,16-17,19-20H,2,12H2,1H3. The molecule has 1 aliphatic rings. The van der Waals surface area contributed by atoms with E-state index >= 15 is 0 Å². The van der Waals surface area contributed by atoms with E-state index in [2.05, 4.69) is 81.8 Å². The number of aryl methyl sites for hydroxylation is 1. The molecule has 3 aromatic rings. The minimum absolute atomic E-state index is 0.144. The van der Waals surface area contributed by atoms with Gasteiger partial charge in [0.25, 0.3) is 0 Å². The van der Waals surface area contributed by atoms with Crippen LogP contribution in [0.1, 0.15) is 35.8 Å². The number of hydrogen-bond donors (Lipinski definition) is 2. The third kappa shape index (κ3) is 2.70. The van der Waals surface area contributed by atoms with E-state index in [4.69, 9.17) is 0 Å². The minimum Gasteiger partial charge on any atom is -0.256 e. The van der Waals surface area contributed by atoms with Gasteiger partial charge in [0, 0.05) is 6.54 Å². The normalized spacial score (nSPS) is 20.4. The molecule has 24 heavy (non-hydrogen) atoms. The van der Waals surface area contributed by atoms with Gasteiger partial charge in [-0.3, -0.25) is 5.43 Å². The quantitative estimate of drug-likeness (QED) is 0.771. The third-order valence-corrected chi connectivity index (χ3v) is 4.56. The first kappa shape index (κ1) is 15.0. The van der Waals surface area contributed by atoms with E-state index in [-0.39, 0.29) is 12.0 Å². The molecule has 1 saturated heterocycles. The number of benzene rings is 2. The molecule has 6 nitrogen and oxygen atoms in total. The van der Waals surface area contributed by atoms with Gasteiger partial charge in [0.1, 0.15) is 0 Å². The maximum absolute atomic E-state index is 4.31. The highest BCUT2D eigenvalue weighted by atomic mass is 15.6. The highest BCUT2D eigenvalue weighted by molar-refractivity contribution is 5.35. The number of aromatic nitrogens is 4. The number of hydrogen-bond acceptors (Lipinski definition) is 5. The summed E-state index contributed by atoms with van der Waals surface area (Å²) in [5, 5.41) is 12.5. The molecule has 1 aromatic heterocycles. The van der Waals surface area contributed by atoms with Crippen molar-refractivity contribution in [1.29, 1.82) is 0 Å². The van der Waals surface area contributed by atoms with E-state index in [0.717, 1.165) is 24.5 Å². The Bertz CT molecular complexity index is 796. The summed E-state index contributed by atoms with van der Waals surface area (Å²) in [4.78, 5) is 0. The fourth-order valence-corrected chi connectivity index (χ4v) is 3.20. The lowest BCUT2D eigenvalue weighted by atomic mass is 9.94. The molecular weight excluding hydrogens is 300 g/mol. The van der Waals surface area contributed by atoms with Crippen LogP contribution in [0.3, 0.4) is 0 Å². The molecule has 0 bridgehead atoms. The first-order valence-corrected chi connectivity index (χ1v) is 8.27. The Kier molecular flexibility index (Phi) is 4.06.